The molecule has 1 atom stereocenters. The second-order valence-corrected chi connectivity index (χ2v) is 7.82. The number of halogens is 2. The monoisotopic (exact) mass is 421 g/mol. The average molecular weight is 421 g/mol. The third-order valence-electron chi connectivity index (χ3n) is 5.95. The van der Waals surface area contributed by atoms with Crippen LogP contribution in [0.3, 0.4) is 0 Å². The van der Waals surface area contributed by atoms with Crippen molar-refractivity contribution in [2.24, 2.45) is 0 Å². The van der Waals surface area contributed by atoms with E-state index in [4.69, 9.17) is 9.47 Å². The zero-order chi connectivity index (χ0) is 21.4. The molecule has 0 radical (unpaired) electrons. The van der Waals surface area contributed by atoms with Gasteiger partial charge in [-0.15, -0.1) is 0 Å². The number of carbonyl (C=O) groups is 1. The van der Waals surface area contributed by atoms with Crippen molar-refractivity contribution in [1.82, 2.24) is 4.90 Å². The van der Waals surface area contributed by atoms with E-state index < -0.39 is 11.4 Å². The molecule has 0 saturated carbocycles. The van der Waals surface area contributed by atoms with E-state index in [0.29, 0.717) is 38.5 Å². The summed E-state index contributed by atoms with van der Waals surface area (Å²) in [5.41, 5.74) is 1.49. The molecule has 3 aromatic carbocycles. The van der Waals surface area contributed by atoms with Crippen molar-refractivity contribution in [3.8, 4) is 5.75 Å². The smallest absolute Gasteiger partial charge is 0.257 e. The van der Waals surface area contributed by atoms with Crippen LogP contribution in [0.2, 0.25) is 0 Å². The topological polar surface area (TPSA) is 38.8 Å². The fourth-order valence-electron chi connectivity index (χ4n) is 4.34. The van der Waals surface area contributed by atoms with Gasteiger partial charge in [0, 0.05) is 36.7 Å². The molecule has 0 bridgehead atoms. The molecule has 3 aromatic rings. The molecule has 1 saturated heterocycles. The molecule has 1 unspecified atom stereocenters. The number of amides is 1. The molecule has 0 aromatic heterocycles. The molecular weight excluding hydrogens is 400 g/mol. The van der Waals surface area contributed by atoms with Crippen molar-refractivity contribution < 1.29 is 23.0 Å². The molecule has 2 aliphatic heterocycles. The van der Waals surface area contributed by atoms with Gasteiger partial charge < -0.3 is 14.4 Å². The van der Waals surface area contributed by atoms with Crippen LogP contribution in [0.25, 0.3) is 0 Å². The van der Waals surface area contributed by atoms with E-state index in [2.05, 4.69) is 0 Å². The minimum absolute atomic E-state index is 0.0345. The highest BCUT2D eigenvalue weighted by molar-refractivity contribution is 5.95. The standard InChI is InChI=1S/C25H21F2NO3/c26-20-8-6-19(7-9-20)25(18-4-2-1-3-5-18)16-17-14-21(22(27)15-23(17)31-25)24(29)28-10-12-30-13-11-28/h1-9,14-15H,10-13,16H2. The number of fused-ring (bicyclic) bond motifs is 1. The van der Waals surface area contributed by atoms with Gasteiger partial charge >= 0.3 is 0 Å². The van der Waals surface area contributed by atoms with Crippen molar-refractivity contribution >= 4 is 5.91 Å². The summed E-state index contributed by atoms with van der Waals surface area (Å²) < 4.78 is 40.2. The Labute approximate surface area is 179 Å². The maximum atomic E-state index is 15.0. The number of rotatable bonds is 3. The Kier molecular flexibility index (Phi) is 4.94. The third-order valence-corrected chi connectivity index (χ3v) is 5.95. The Morgan fingerprint density at radius 2 is 1.58 bits per heavy atom. The van der Waals surface area contributed by atoms with Crippen molar-refractivity contribution in [2.45, 2.75) is 12.0 Å². The molecule has 2 heterocycles. The summed E-state index contributed by atoms with van der Waals surface area (Å²) in [6.07, 6.45) is 0.404. The molecule has 5 rings (SSSR count). The highest BCUT2D eigenvalue weighted by Gasteiger charge is 2.43. The Morgan fingerprint density at radius 1 is 0.903 bits per heavy atom. The van der Waals surface area contributed by atoms with E-state index >= 15 is 0 Å². The molecule has 158 valence electrons. The third kappa shape index (κ3) is 3.47. The lowest BCUT2D eigenvalue weighted by atomic mass is 9.82. The largest absolute Gasteiger partial charge is 0.477 e. The summed E-state index contributed by atoms with van der Waals surface area (Å²) in [5, 5.41) is 0. The van der Waals surface area contributed by atoms with Crippen LogP contribution in [-0.2, 0) is 16.8 Å². The summed E-state index contributed by atoms with van der Waals surface area (Å²) >= 11 is 0. The van der Waals surface area contributed by atoms with E-state index in [9.17, 15) is 13.6 Å². The molecule has 4 nitrogen and oxygen atoms in total. The van der Waals surface area contributed by atoms with Crippen LogP contribution < -0.4 is 4.74 Å². The Morgan fingerprint density at radius 3 is 2.29 bits per heavy atom. The number of hydrogen-bond donors (Lipinski definition) is 0. The van der Waals surface area contributed by atoms with Crippen LogP contribution >= 0.6 is 0 Å². The Bertz CT molecular complexity index is 1110. The average Bonchev–Trinajstić information content (AvgIpc) is 3.19. The normalized spacial score (nSPS) is 20.3. The summed E-state index contributed by atoms with van der Waals surface area (Å²) in [7, 11) is 0. The van der Waals surface area contributed by atoms with E-state index in [1.165, 1.54) is 18.2 Å². The molecule has 0 aliphatic carbocycles. The van der Waals surface area contributed by atoms with Crippen molar-refractivity contribution in [2.75, 3.05) is 26.3 Å². The molecule has 0 N–H and O–H groups in total. The summed E-state index contributed by atoms with van der Waals surface area (Å²) in [5.74, 6) is -0.906. The highest BCUT2D eigenvalue weighted by Crippen LogP contribution is 2.46. The zero-order valence-corrected chi connectivity index (χ0v) is 16.8. The van der Waals surface area contributed by atoms with Crippen molar-refractivity contribution in [3.05, 3.63) is 101 Å². The fourth-order valence-corrected chi connectivity index (χ4v) is 4.34. The summed E-state index contributed by atoms with van der Waals surface area (Å²) in [4.78, 5) is 14.5. The number of morpholine rings is 1. The lowest BCUT2D eigenvalue weighted by Crippen LogP contribution is -2.41. The van der Waals surface area contributed by atoms with Gasteiger partial charge in [-0.1, -0.05) is 42.5 Å². The lowest BCUT2D eigenvalue weighted by molar-refractivity contribution is 0.0300. The predicted molar refractivity (Wildman–Crippen MR) is 111 cm³/mol. The Balaban J connectivity index is 1.56. The SMILES string of the molecule is O=C(c1cc2c(cc1F)OC(c1ccccc1)(c1ccc(F)cc1)C2)N1CCOCC1. The van der Waals surface area contributed by atoms with E-state index in [-0.39, 0.29) is 17.3 Å². The minimum Gasteiger partial charge on any atom is -0.477 e. The molecular formula is C25H21F2NO3. The number of benzene rings is 3. The van der Waals surface area contributed by atoms with Crippen LogP contribution in [-0.4, -0.2) is 37.1 Å². The zero-order valence-electron chi connectivity index (χ0n) is 16.8. The van der Waals surface area contributed by atoms with Crippen LogP contribution in [0.15, 0.2) is 66.7 Å². The molecule has 0 spiro atoms. The predicted octanol–water partition coefficient (Wildman–Crippen LogP) is 4.32. The Hall–Kier alpha value is -3.25. The van der Waals surface area contributed by atoms with Gasteiger partial charge in [0.05, 0.1) is 18.8 Å². The molecule has 1 amide bonds. The van der Waals surface area contributed by atoms with E-state index in [1.54, 1.807) is 23.1 Å². The van der Waals surface area contributed by atoms with Gasteiger partial charge in [0.25, 0.3) is 5.91 Å². The molecule has 2 aliphatic rings. The van der Waals surface area contributed by atoms with E-state index in [0.717, 1.165) is 16.7 Å². The maximum Gasteiger partial charge on any atom is 0.257 e. The van der Waals surface area contributed by atoms with Gasteiger partial charge in [-0.3, -0.25) is 4.79 Å². The molecule has 31 heavy (non-hydrogen) atoms. The first kappa shape index (κ1) is 19.7. The van der Waals surface area contributed by atoms with Crippen molar-refractivity contribution in [3.63, 3.8) is 0 Å². The first-order valence-electron chi connectivity index (χ1n) is 10.3. The first-order chi connectivity index (χ1) is 15.1. The van der Waals surface area contributed by atoms with Crippen LogP contribution in [0, 0.1) is 11.6 Å². The summed E-state index contributed by atoms with van der Waals surface area (Å²) in [6.45, 7) is 1.77. The quantitative estimate of drug-likeness (QED) is 0.633. The van der Waals surface area contributed by atoms with Gasteiger partial charge in [-0.2, -0.15) is 0 Å². The van der Waals surface area contributed by atoms with E-state index in [1.807, 2.05) is 30.3 Å². The second kappa shape index (κ2) is 7.78. The number of carbonyl (C=O) groups excluding carboxylic acids is 1. The minimum atomic E-state index is -0.926. The first-order valence-corrected chi connectivity index (χ1v) is 10.3. The maximum absolute atomic E-state index is 15.0. The molecule has 1 fully saturated rings. The van der Waals surface area contributed by atoms with Gasteiger partial charge in [0.15, 0.2) is 5.60 Å². The number of ether oxygens (including phenoxy) is 2. The van der Waals surface area contributed by atoms with Gasteiger partial charge in [0.2, 0.25) is 0 Å². The highest BCUT2D eigenvalue weighted by atomic mass is 19.1. The fraction of sp³-hybridized carbons (Fsp3) is 0.240. The van der Waals surface area contributed by atoms with Gasteiger partial charge in [-0.05, 0) is 23.8 Å². The van der Waals surface area contributed by atoms with Crippen LogP contribution in [0.4, 0.5) is 8.78 Å². The van der Waals surface area contributed by atoms with Crippen LogP contribution in [0.1, 0.15) is 27.0 Å². The molecule has 6 heteroatoms. The van der Waals surface area contributed by atoms with Crippen LogP contribution in [0.5, 0.6) is 5.75 Å². The summed E-state index contributed by atoms with van der Waals surface area (Å²) in [6, 6.07) is 18.6. The van der Waals surface area contributed by atoms with Gasteiger partial charge in [-0.25, -0.2) is 8.78 Å². The van der Waals surface area contributed by atoms with Gasteiger partial charge in [0.1, 0.15) is 17.4 Å². The number of nitrogens with zero attached hydrogens (tertiary/aromatic N) is 1. The van der Waals surface area contributed by atoms with Crippen molar-refractivity contribution in [1.29, 1.82) is 0 Å². The number of hydrogen-bond acceptors (Lipinski definition) is 3. The second-order valence-electron chi connectivity index (χ2n) is 7.82. The lowest BCUT2D eigenvalue weighted by Gasteiger charge is -2.30.